The van der Waals surface area contributed by atoms with E-state index in [2.05, 4.69) is 15.6 Å². The first-order valence-electron chi connectivity index (χ1n) is 9.36. The Hall–Kier alpha value is -3.51. The zero-order valence-electron chi connectivity index (χ0n) is 16.0. The Kier molecular flexibility index (Phi) is 5.10. The summed E-state index contributed by atoms with van der Waals surface area (Å²) in [5.41, 5.74) is -0.391. The Labute approximate surface area is 170 Å². The smallest absolute Gasteiger partial charge is 0.429 e. The van der Waals surface area contributed by atoms with Gasteiger partial charge in [-0.1, -0.05) is 0 Å². The molecule has 3 aromatic rings. The number of pyridine rings is 1. The van der Waals surface area contributed by atoms with Gasteiger partial charge in [-0.15, -0.1) is 0 Å². The average Bonchev–Trinajstić information content (AvgIpc) is 3.34. The van der Waals surface area contributed by atoms with Gasteiger partial charge in [0.1, 0.15) is 28.7 Å². The van der Waals surface area contributed by atoms with E-state index in [0.29, 0.717) is 23.3 Å². The molecular formula is C21H18F2N4O3. The van der Waals surface area contributed by atoms with Gasteiger partial charge in [-0.05, 0) is 50.2 Å². The molecule has 1 amide bonds. The molecule has 1 aliphatic heterocycles. The second-order valence-corrected chi connectivity index (χ2v) is 6.98. The highest BCUT2D eigenvalue weighted by atomic mass is 19.3. The number of nitriles is 1. The number of fused-ring (bicyclic) bond motifs is 1. The molecule has 3 heterocycles. The molecule has 154 valence electrons. The number of rotatable bonds is 5. The van der Waals surface area contributed by atoms with Gasteiger partial charge < -0.3 is 19.8 Å². The largest absolute Gasteiger partial charge is 0.461 e. The molecule has 1 aromatic carbocycles. The van der Waals surface area contributed by atoms with E-state index in [1.54, 1.807) is 13.0 Å². The third-order valence-corrected chi connectivity index (χ3v) is 4.93. The molecule has 7 nitrogen and oxygen atoms in total. The minimum atomic E-state index is -3.79. The van der Waals surface area contributed by atoms with E-state index in [1.807, 2.05) is 0 Å². The molecule has 1 unspecified atom stereocenters. The highest BCUT2D eigenvalue weighted by molar-refractivity contribution is 6.07. The van der Waals surface area contributed by atoms with Crippen LogP contribution in [0.25, 0.3) is 11.0 Å². The van der Waals surface area contributed by atoms with Gasteiger partial charge in [-0.2, -0.15) is 14.0 Å². The van der Waals surface area contributed by atoms with E-state index in [4.69, 9.17) is 14.4 Å². The summed E-state index contributed by atoms with van der Waals surface area (Å²) in [6, 6.07) is 8.15. The maximum absolute atomic E-state index is 14.7. The van der Waals surface area contributed by atoms with Crippen molar-refractivity contribution in [2.45, 2.75) is 25.5 Å². The van der Waals surface area contributed by atoms with Crippen LogP contribution in [0.4, 0.5) is 8.78 Å². The lowest BCUT2D eigenvalue weighted by Gasteiger charge is -2.18. The first-order valence-corrected chi connectivity index (χ1v) is 9.36. The maximum Gasteiger partial charge on any atom is 0.429 e. The van der Waals surface area contributed by atoms with E-state index in [9.17, 15) is 13.6 Å². The number of amides is 1. The molecule has 1 aliphatic rings. The Morgan fingerprint density at radius 1 is 1.43 bits per heavy atom. The zero-order valence-corrected chi connectivity index (χ0v) is 16.0. The van der Waals surface area contributed by atoms with Gasteiger partial charge in [0.25, 0.3) is 5.91 Å². The van der Waals surface area contributed by atoms with E-state index in [0.717, 1.165) is 19.0 Å². The van der Waals surface area contributed by atoms with E-state index >= 15 is 0 Å². The first-order chi connectivity index (χ1) is 14.4. The first kappa shape index (κ1) is 19.8. The lowest BCUT2D eigenvalue weighted by molar-refractivity contribution is -0.185. The molecule has 0 aliphatic carbocycles. The van der Waals surface area contributed by atoms with Crippen LogP contribution in [0.3, 0.4) is 0 Å². The summed E-state index contributed by atoms with van der Waals surface area (Å²) < 4.78 is 39.9. The number of carbonyl (C=O) groups excluding carboxylic acids is 1. The van der Waals surface area contributed by atoms with Crippen LogP contribution in [-0.2, 0) is 6.11 Å². The molecule has 1 fully saturated rings. The maximum atomic E-state index is 14.7. The molecule has 2 aromatic heterocycles. The summed E-state index contributed by atoms with van der Waals surface area (Å²) in [6.07, 6.45) is -1.72. The van der Waals surface area contributed by atoms with Crippen molar-refractivity contribution in [1.82, 2.24) is 15.6 Å². The molecule has 0 radical (unpaired) electrons. The Morgan fingerprint density at radius 2 is 2.27 bits per heavy atom. The third kappa shape index (κ3) is 3.69. The summed E-state index contributed by atoms with van der Waals surface area (Å²) in [5, 5.41) is 15.5. The number of halogens is 2. The molecule has 9 heteroatoms. The van der Waals surface area contributed by atoms with Gasteiger partial charge in [0, 0.05) is 24.2 Å². The number of ether oxygens (including phenoxy) is 1. The fraction of sp³-hybridized carbons (Fsp3) is 0.286. The van der Waals surface area contributed by atoms with Crippen LogP contribution in [0.5, 0.6) is 5.75 Å². The van der Waals surface area contributed by atoms with Gasteiger partial charge in [-0.3, -0.25) is 4.79 Å². The minimum absolute atomic E-state index is 0.000555. The fourth-order valence-electron chi connectivity index (χ4n) is 3.51. The fourth-order valence-corrected chi connectivity index (χ4v) is 3.51. The quantitative estimate of drug-likeness (QED) is 0.667. The molecule has 4 rings (SSSR count). The number of nitrogens with one attached hydrogen (secondary N) is 2. The van der Waals surface area contributed by atoms with Crippen molar-refractivity contribution < 1.29 is 22.7 Å². The van der Waals surface area contributed by atoms with Gasteiger partial charge >= 0.3 is 6.11 Å². The number of nitrogens with zero attached hydrogens (tertiary/aromatic N) is 2. The van der Waals surface area contributed by atoms with Gasteiger partial charge in [0.15, 0.2) is 5.69 Å². The summed E-state index contributed by atoms with van der Waals surface area (Å²) in [5.74, 6) is -0.114. The van der Waals surface area contributed by atoms with Crippen LogP contribution in [0.1, 0.15) is 33.8 Å². The molecule has 0 spiro atoms. The van der Waals surface area contributed by atoms with E-state index < -0.39 is 17.4 Å². The predicted octanol–water partition coefficient (Wildman–Crippen LogP) is 3.23. The number of furan rings is 1. The van der Waals surface area contributed by atoms with Gasteiger partial charge in [0.05, 0.1) is 5.56 Å². The van der Waals surface area contributed by atoms with Crippen LogP contribution < -0.4 is 15.4 Å². The summed E-state index contributed by atoms with van der Waals surface area (Å²) in [6.45, 7) is 3.14. The van der Waals surface area contributed by atoms with Crippen molar-refractivity contribution in [3.63, 3.8) is 0 Å². The Bertz CT molecular complexity index is 1150. The standard InChI is InChI=1S/C21H18F2N4O3/c1-12-19(20(28)27-13-6-8-25-11-13)15-9-14(4-5-18(15)29-12)30-21(22,23)16-3-2-7-26-17(16)10-24/h2-5,7,9,13,25H,6,8,11H2,1H3,(H,27,28). The predicted molar refractivity (Wildman–Crippen MR) is 103 cm³/mol. The minimum Gasteiger partial charge on any atom is -0.461 e. The van der Waals surface area contributed by atoms with E-state index in [1.165, 1.54) is 30.5 Å². The molecular weight excluding hydrogens is 394 g/mol. The van der Waals surface area contributed by atoms with Crippen LogP contribution in [-0.4, -0.2) is 30.0 Å². The molecule has 2 N–H and O–H groups in total. The molecule has 0 bridgehead atoms. The number of hydrogen-bond donors (Lipinski definition) is 2. The lowest BCUT2D eigenvalue weighted by atomic mass is 10.1. The summed E-state index contributed by atoms with van der Waals surface area (Å²) in [4.78, 5) is 16.4. The molecule has 0 saturated carbocycles. The highest BCUT2D eigenvalue weighted by Crippen LogP contribution is 2.35. The Morgan fingerprint density at radius 3 is 3.00 bits per heavy atom. The number of carbonyl (C=O) groups is 1. The topological polar surface area (TPSA) is 100 Å². The third-order valence-electron chi connectivity index (χ3n) is 4.93. The normalized spacial score (nSPS) is 16.4. The van der Waals surface area contributed by atoms with Crippen LogP contribution >= 0.6 is 0 Å². The van der Waals surface area contributed by atoms with Crippen LogP contribution in [0.2, 0.25) is 0 Å². The number of alkyl halides is 2. The molecule has 1 saturated heterocycles. The SMILES string of the molecule is Cc1oc2ccc(OC(F)(F)c3cccnc3C#N)cc2c1C(=O)NC1CCNC1. The molecule has 30 heavy (non-hydrogen) atoms. The number of aromatic nitrogens is 1. The highest BCUT2D eigenvalue weighted by Gasteiger charge is 2.38. The number of aryl methyl sites for hydroxylation is 1. The number of hydrogen-bond acceptors (Lipinski definition) is 6. The second-order valence-electron chi connectivity index (χ2n) is 6.98. The van der Waals surface area contributed by atoms with Crippen molar-refractivity contribution in [2.75, 3.05) is 13.1 Å². The van der Waals surface area contributed by atoms with Crippen LogP contribution in [0.15, 0.2) is 40.9 Å². The van der Waals surface area contributed by atoms with Crippen molar-refractivity contribution >= 4 is 16.9 Å². The second kappa shape index (κ2) is 7.72. The van der Waals surface area contributed by atoms with Crippen molar-refractivity contribution in [2.24, 2.45) is 0 Å². The zero-order chi connectivity index (χ0) is 21.3. The monoisotopic (exact) mass is 412 g/mol. The van der Waals surface area contributed by atoms with Crippen LogP contribution in [0, 0.1) is 18.3 Å². The van der Waals surface area contributed by atoms with E-state index in [-0.39, 0.29) is 23.3 Å². The average molecular weight is 412 g/mol. The lowest BCUT2D eigenvalue weighted by Crippen LogP contribution is -2.36. The Balaban J connectivity index is 1.66. The summed E-state index contributed by atoms with van der Waals surface area (Å²) in [7, 11) is 0. The summed E-state index contributed by atoms with van der Waals surface area (Å²) >= 11 is 0. The molecule has 1 atom stereocenters. The number of benzene rings is 1. The van der Waals surface area contributed by atoms with Crippen molar-refractivity contribution in [3.8, 4) is 11.8 Å². The van der Waals surface area contributed by atoms with Crippen molar-refractivity contribution in [1.29, 1.82) is 5.26 Å². The van der Waals surface area contributed by atoms with Gasteiger partial charge in [0.2, 0.25) is 0 Å². The van der Waals surface area contributed by atoms with Gasteiger partial charge in [-0.25, -0.2) is 4.98 Å². The van der Waals surface area contributed by atoms with Crippen molar-refractivity contribution in [3.05, 3.63) is 59.1 Å².